The Morgan fingerprint density at radius 3 is 2.32 bits per heavy atom. The van der Waals surface area contributed by atoms with Crippen LogP contribution in [0.4, 0.5) is 0 Å². The van der Waals surface area contributed by atoms with Crippen LogP contribution in [-0.2, 0) is 7.05 Å². The zero-order valence-corrected chi connectivity index (χ0v) is 13.4. The fourth-order valence-electron chi connectivity index (χ4n) is 1.50. The summed E-state index contributed by atoms with van der Waals surface area (Å²) in [7, 11) is 1.83. The highest BCUT2D eigenvalue weighted by Crippen LogP contribution is 2.18. The van der Waals surface area contributed by atoms with Gasteiger partial charge in [0.2, 0.25) is 0 Å². The first-order valence-corrected chi connectivity index (χ1v) is 5.92. The molecule has 1 aromatic carbocycles. The molecule has 5 heteroatoms. The summed E-state index contributed by atoms with van der Waals surface area (Å²) in [5, 5.41) is 4.29. The molecule has 1 aromatic heterocycles. The van der Waals surface area contributed by atoms with Gasteiger partial charge in [-0.1, -0.05) is 18.2 Å². The maximum absolute atomic E-state index is 5.63. The molecule has 0 saturated heterocycles. The average molecular weight is 372 g/mol. The molecule has 0 aliphatic carbocycles. The van der Waals surface area contributed by atoms with E-state index in [9.17, 15) is 0 Å². The fourth-order valence-corrected chi connectivity index (χ4v) is 1.50. The minimum absolute atomic E-state index is 0. The number of hydrogen-bond donors (Lipinski definition) is 0. The normalized spacial score (nSPS) is 9.89. The van der Waals surface area contributed by atoms with Gasteiger partial charge >= 0.3 is 5.88 Å². The first kappa shape index (κ1) is 15.7. The van der Waals surface area contributed by atoms with Gasteiger partial charge < -0.3 is 33.5 Å². The molecule has 2 aromatic rings. The van der Waals surface area contributed by atoms with Crippen molar-refractivity contribution in [2.45, 2.75) is 20.0 Å². The van der Waals surface area contributed by atoms with E-state index in [1.165, 1.54) is 0 Å². The van der Waals surface area contributed by atoms with E-state index in [1.54, 1.807) is 10.7 Å². The molecule has 0 atom stereocenters. The van der Waals surface area contributed by atoms with Gasteiger partial charge in [0.05, 0.1) is 12.2 Å². The predicted molar refractivity (Wildman–Crippen MR) is 67.7 cm³/mol. The summed E-state index contributed by atoms with van der Waals surface area (Å²) in [6.45, 7) is 3.96. The van der Waals surface area contributed by atoms with E-state index in [2.05, 4.69) is 5.10 Å². The van der Waals surface area contributed by atoms with Crippen molar-refractivity contribution in [2.24, 2.45) is 7.05 Å². The molecule has 0 saturated carbocycles. The maximum atomic E-state index is 5.63. The van der Waals surface area contributed by atoms with Gasteiger partial charge in [0.1, 0.15) is 5.75 Å². The zero-order chi connectivity index (χ0) is 13.0. The second-order valence-electron chi connectivity index (χ2n) is 4.22. The van der Waals surface area contributed by atoms with Gasteiger partial charge in [-0.15, -0.1) is 0 Å². The van der Waals surface area contributed by atoms with E-state index in [-0.39, 0.29) is 30.1 Å². The van der Waals surface area contributed by atoms with Crippen LogP contribution in [0.1, 0.15) is 13.8 Å². The second-order valence-corrected chi connectivity index (χ2v) is 4.22. The summed E-state index contributed by atoms with van der Waals surface area (Å²) in [5.41, 5.74) is 0. The molecule has 0 N–H and O–H groups in total. The molecule has 0 fully saturated rings. The van der Waals surface area contributed by atoms with Crippen LogP contribution in [0, 0.1) is 0 Å². The molecular formula is C14H17IN2O2. The molecule has 0 unspecified atom stereocenters. The van der Waals surface area contributed by atoms with E-state index in [0.29, 0.717) is 11.8 Å². The third kappa shape index (κ3) is 4.66. The van der Waals surface area contributed by atoms with Crippen LogP contribution >= 0.6 is 0 Å². The number of benzene rings is 1. The zero-order valence-electron chi connectivity index (χ0n) is 11.2. The highest BCUT2D eigenvalue weighted by Gasteiger charge is 2.13. The Balaban J connectivity index is 0.00000180. The summed E-state index contributed by atoms with van der Waals surface area (Å²) < 4.78 is 12.9. The van der Waals surface area contributed by atoms with Crippen LogP contribution in [0.15, 0.2) is 42.5 Å². The van der Waals surface area contributed by atoms with Crippen molar-refractivity contribution in [3.8, 4) is 17.5 Å². The Morgan fingerprint density at radius 2 is 1.74 bits per heavy atom. The SMILES string of the molecule is CC(C)Oc1ccc(Oc2ccccc2)n[n+]1C.[I-]. The van der Waals surface area contributed by atoms with Crippen molar-refractivity contribution in [3.05, 3.63) is 42.5 Å². The largest absolute Gasteiger partial charge is 1.00 e. The second kappa shape index (κ2) is 7.28. The molecule has 4 nitrogen and oxygen atoms in total. The number of para-hydroxylation sites is 1. The highest BCUT2D eigenvalue weighted by atomic mass is 127. The number of hydrogen-bond acceptors (Lipinski definition) is 3. The highest BCUT2D eigenvalue weighted by molar-refractivity contribution is 5.26. The Labute approximate surface area is 130 Å². The van der Waals surface area contributed by atoms with Crippen LogP contribution in [0.2, 0.25) is 0 Å². The summed E-state index contributed by atoms with van der Waals surface area (Å²) in [5.74, 6) is 2.02. The molecule has 102 valence electrons. The Kier molecular flexibility index (Phi) is 6.01. The van der Waals surface area contributed by atoms with Gasteiger partial charge in [-0.2, -0.15) is 0 Å². The van der Waals surface area contributed by atoms with E-state index < -0.39 is 0 Å². The smallest absolute Gasteiger partial charge is 0.393 e. The van der Waals surface area contributed by atoms with Gasteiger partial charge in [-0.25, -0.2) is 0 Å². The van der Waals surface area contributed by atoms with E-state index in [4.69, 9.17) is 9.47 Å². The summed E-state index contributed by atoms with van der Waals surface area (Å²) >= 11 is 0. The van der Waals surface area contributed by atoms with Gasteiger partial charge in [-0.05, 0) is 30.7 Å². The molecule has 1 heterocycles. The minimum atomic E-state index is 0. The first-order chi connectivity index (χ1) is 8.65. The molecular weight excluding hydrogens is 355 g/mol. The van der Waals surface area contributed by atoms with Crippen molar-refractivity contribution in [1.82, 2.24) is 5.10 Å². The standard InChI is InChI=1S/C14H17N2O2.HI/c1-11(2)17-14-10-9-13(15-16(14)3)18-12-7-5-4-6-8-12;/h4-11H,1-3H3;1H/q+1;/p-1. The molecule has 0 aliphatic heterocycles. The molecule has 0 spiro atoms. The predicted octanol–water partition coefficient (Wildman–Crippen LogP) is -0.510. The maximum Gasteiger partial charge on any atom is 0.393 e. The van der Waals surface area contributed by atoms with Crippen molar-refractivity contribution in [2.75, 3.05) is 0 Å². The Bertz CT molecular complexity index is 518. The van der Waals surface area contributed by atoms with Crippen molar-refractivity contribution in [3.63, 3.8) is 0 Å². The molecule has 19 heavy (non-hydrogen) atoms. The van der Waals surface area contributed by atoms with Gasteiger partial charge in [-0.3, -0.25) is 0 Å². The Morgan fingerprint density at radius 1 is 1.05 bits per heavy atom. The lowest BCUT2D eigenvalue weighted by Crippen LogP contribution is -3.00. The molecule has 0 amide bonds. The lowest BCUT2D eigenvalue weighted by molar-refractivity contribution is -0.736. The van der Waals surface area contributed by atoms with Crippen molar-refractivity contribution in [1.29, 1.82) is 0 Å². The van der Waals surface area contributed by atoms with Crippen molar-refractivity contribution >= 4 is 0 Å². The van der Waals surface area contributed by atoms with E-state index in [0.717, 1.165) is 5.75 Å². The van der Waals surface area contributed by atoms with Crippen LogP contribution in [0.5, 0.6) is 17.5 Å². The number of aryl methyl sites for hydroxylation is 1. The molecule has 0 radical (unpaired) electrons. The molecule has 0 aliphatic rings. The van der Waals surface area contributed by atoms with Gasteiger partial charge in [0.25, 0.3) is 5.88 Å². The number of nitrogens with zero attached hydrogens (tertiary/aromatic N) is 2. The summed E-state index contributed by atoms with van der Waals surface area (Å²) in [6, 6.07) is 13.2. The Hall–Kier alpha value is -1.37. The first-order valence-electron chi connectivity index (χ1n) is 5.92. The van der Waals surface area contributed by atoms with Crippen LogP contribution in [0.3, 0.4) is 0 Å². The molecule has 2 rings (SSSR count). The number of ether oxygens (including phenoxy) is 2. The van der Waals surface area contributed by atoms with E-state index in [1.807, 2.05) is 57.3 Å². The van der Waals surface area contributed by atoms with Crippen LogP contribution in [0.25, 0.3) is 0 Å². The topological polar surface area (TPSA) is 35.2 Å². The number of rotatable bonds is 4. The summed E-state index contributed by atoms with van der Waals surface area (Å²) in [6.07, 6.45) is 0.124. The lowest BCUT2D eigenvalue weighted by atomic mass is 10.3. The van der Waals surface area contributed by atoms with Crippen LogP contribution < -0.4 is 38.1 Å². The lowest BCUT2D eigenvalue weighted by Gasteiger charge is -2.06. The van der Waals surface area contributed by atoms with E-state index >= 15 is 0 Å². The van der Waals surface area contributed by atoms with Gasteiger partial charge in [0, 0.05) is 11.2 Å². The number of aromatic nitrogens is 2. The summed E-state index contributed by atoms with van der Waals surface area (Å²) in [4.78, 5) is 0. The third-order valence-corrected chi connectivity index (χ3v) is 2.26. The number of halogens is 1. The van der Waals surface area contributed by atoms with Crippen molar-refractivity contribution < 1.29 is 38.1 Å². The molecule has 0 bridgehead atoms. The third-order valence-electron chi connectivity index (χ3n) is 2.26. The minimum Gasteiger partial charge on any atom is -1.00 e. The average Bonchev–Trinajstić information content (AvgIpc) is 2.33. The van der Waals surface area contributed by atoms with Crippen LogP contribution in [-0.4, -0.2) is 11.2 Å². The van der Waals surface area contributed by atoms with Gasteiger partial charge in [0.15, 0.2) is 7.05 Å². The quantitative estimate of drug-likeness (QED) is 0.536. The fraction of sp³-hybridized carbons (Fsp3) is 0.286. The monoisotopic (exact) mass is 372 g/mol.